The Balaban J connectivity index is 1.67. The molecule has 1 heterocycles. The quantitative estimate of drug-likeness (QED) is 0.350. The molecule has 0 fully saturated rings. The number of nitrogen functional groups attached to an aromatic ring is 1. The van der Waals surface area contributed by atoms with Crippen molar-refractivity contribution in [1.82, 2.24) is 15.0 Å². The van der Waals surface area contributed by atoms with Gasteiger partial charge < -0.3 is 5.73 Å². The lowest BCUT2D eigenvalue weighted by Gasteiger charge is -2.10. The minimum atomic E-state index is -0.470. The molecular weight excluding hydrogens is 399 g/mol. The van der Waals surface area contributed by atoms with E-state index in [0.29, 0.717) is 23.0 Å². The third kappa shape index (κ3) is 3.96. The molecule has 0 aliphatic rings. The van der Waals surface area contributed by atoms with Gasteiger partial charge >= 0.3 is 0 Å². The molecule has 0 saturated carbocycles. The van der Waals surface area contributed by atoms with Gasteiger partial charge in [-0.1, -0.05) is 78.9 Å². The monoisotopic (exact) mass is 418 g/mol. The second-order valence-electron chi connectivity index (χ2n) is 7.36. The molecule has 5 heteroatoms. The Kier molecular flexibility index (Phi) is 5.14. The molecule has 154 valence electrons. The van der Waals surface area contributed by atoms with E-state index in [-0.39, 0.29) is 5.69 Å². The van der Waals surface area contributed by atoms with Gasteiger partial charge in [-0.2, -0.15) is 0 Å². The summed E-state index contributed by atoms with van der Waals surface area (Å²) in [5.74, 6) is 1.04. The Hall–Kier alpha value is -4.38. The number of benzene rings is 4. The molecule has 1 aromatic heterocycles. The first kappa shape index (κ1) is 19.6. The first-order valence-electron chi connectivity index (χ1n) is 10.2. The van der Waals surface area contributed by atoms with Crippen molar-refractivity contribution < 1.29 is 4.39 Å². The number of hydrogen-bond donors (Lipinski definition) is 1. The first-order chi connectivity index (χ1) is 15.7. The van der Waals surface area contributed by atoms with Crippen molar-refractivity contribution in [3.8, 4) is 45.3 Å². The Labute approximate surface area is 185 Å². The minimum absolute atomic E-state index is 0.0526. The third-order valence-corrected chi connectivity index (χ3v) is 5.15. The van der Waals surface area contributed by atoms with Gasteiger partial charge in [0, 0.05) is 16.7 Å². The molecule has 0 amide bonds. The van der Waals surface area contributed by atoms with Crippen LogP contribution in [0, 0.1) is 5.82 Å². The van der Waals surface area contributed by atoms with E-state index >= 15 is 0 Å². The van der Waals surface area contributed by atoms with Crippen LogP contribution in [0.2, 0.25) is 0 Å². The lowest BCUT2D eigenvalue weighted by Crippen LogP contribution is -2.01. The van der Waals surface area contributed by atoms with Crippen LogP contribution < -0.4 is 5.73 Å². The van der Waals surface area contributed by atoms with E-state index in [1.165, 1.54) is 6.07 Å². The maximum absolute atomic E-state index is 13.7. The molecule has 4 nitrogen and oxygen atoms in total. The van der Waals surface area contributed by atoms with Crippen LogP contribution in [0.1, 0.15) is 0 Å². The number of nitrogens with two attached hydrogens (primary N) is 1. The van der Waals surface area contributed by atoms with Crippen LogP contribution in [-0.4, -0.2) is 15.0 Å². The lowest BCUT2D eigenvalue weighted by molar-refractivity contribution is 0.632. The average molecular weight is 418 g/mol. The van der Waals surface area contributed by atoms with E-state index in [1.54, 1.807) is 12.1 Å². The van der Waals surface area contributed by atoms with Gasteiger partial charge in [-0.05, 0) is 35.4 Å². The van der Waals surface area contributed by atoms with Crippen molar-refractivity contribution in [2.24, 2.45) is 0 Å². The van der Waals surface area contributed by atoms with E-state index in [4.69, 9.17) is 15.7 Å². The Morgan fingerprint density at radius 3 is 1.59 bits per heavy atom. The Morgan fingerprint density at radius 2 is 0.969 bits per heavy atom. The summed E-state index contributed by atoms with van der Waals surface area (Å²) < 4.78 is 13.7. The Morgan fingerprint density at radius 1 is 0.469 bits per heavy atom. The van der Waals surface area contributed by atoms with E-state index in [2.05, 4.69) is 29.2 Å². The molecule has 0 radical (unpaired) electrons. The van der Waals surface area contributed by atoms with Gasteiger partial charge in [-0.25, -0.2) is 19.3 Å². The molecule has 32 heavy (non-hydrogen) atoms. The second kappa shape index (κ2) is 8.40. The van der Waals surface area contributed by atoms with Gasteiger partial charge in [-0.3, -0.25) is 0 Å². The number of halogens is 1. The standard InChI is InChI=1S/C27H19FN4/c28-23-15-14-22(17-24(23)29)27-31-25(19-10-5-2-6-11-19)30-26(32-27)21-13-7-12-20(16-21)18-8-3-1-4-9-18/h1-17H,29H2. The molecule has 5 aromatic rings. The van der Waals surface area contributed by atoms with Crippen molar-refractivity contribution >= 4 is 5.69 Å². The predicted molar refractivity (Wildman–Crippen MR) is 126 cm³/mol. The van der Waals surface area contributed by atoms with Crippen LogP contribution in [-0.2, 0) is 0 Å². The summed E-state index contributed by atoms with van der Waals surface area (Å²) in [5.41, 5.74) is 10.4. The highest BCUT2D eigenvalue weighted by atomic mass is 19.1. The van der Waals surface area contributed by atoms with Gasteiger partial charge in [0.15, 0.2) is 17.5 Å². The maximum atomic E-state index is 13.7. The van der Waals surface area contributed by atoms with E-state index in [1.807, 2.05) is 60.7 Å². The fourth-order valence-electron chi connectivity index (χ4n) is 3.50. The number of hydrogen-bond acceptors (Lipinski definition) is 4. The zero-order valence-electron chi connectivity index (χ0n) is 17.1. The maximum Gasteiger partial charge on any atom is 0.164 e. The highest BCUT2D eigenvalue weighted by Crippen LogP contribution is 2.28. The van der Waals surface area contributed by atoms with Crippen molar-refractivity contribution in [2.75, 3.05) is 5.73 Å². The lowest BCUT2D eigenvalue weighted by atomic mass is 10.0. The minimum Gasteiger partial charge on any atom is -0.396 e. The molecule has 0 atom stereocenters. The fraction of sp³-hybridized carbons (Fsp3) is 0. The predicted octanol–water partition coefficient (Wildman–Crippen LogP) is 6.26. The molecule has 0 unspecified atom stereocenters. The average Bonchev–Trinajstić information content (AvgIpc) is 2.86. The zero-order chi connectivity index (χ0) is 21.9. The van der Waals surface area contributed by atoms with Crippen LogP contribution in [0.3, 0.4) is 0 Å². The number of nitrogens with zero attached hydrogens (tertiary/aromatic N) is 3. The molecular formula is C27H19FN4. The van der Waals surface area contributed by atoms with Gasteiger partial charge in [-0.15, -0.1) is 0 Å². The van der Waals surface area contributed by atoms with Crippen LogP contribution in [0.5, 0.6) is 0 Å². The van der Waals surface area contributed by atoms with Gasteiger partial charge in [0.1, 0.15) is 5.82 Å². The molecule has 0 saturated heterocycles. The summed E-state index contributed by atoms with van der Waals surface area (Å²) in [7, 11) is 0. The number of anilines is 1. The molecule has 2 N–H and O–H groups in total. The van der Waals surface area contributed by atoms with E-state index in [9.17, 15) is 4.39 Å². The van der Waals surface area contributed by atoms with Crippen molar-refractivity contribution in [3.05, 3.63) is 109 Å². The van der Waals surface area contributed by atoms with Gasteiger partial charge in [0.05, 0.1) is 5.69 Å². The van der Waals surface area contributed by atoms with Crippen molar-refractivity contribution in [2.45, 2.75) is 0 Å². The number of aromatic nitrogens is 3. The van der Waals surface area contributed by atoms with Gasteiger partial charge in [0.2, 0.25) is 0 Å². The summed E-state index contributed by atoms with van der Waals surface area (Å²) in [6.45, 7) is 0. The fourth-order valence-corrected chi connectivity index (χ4v) is 3.50. The molecule has 0 aliphatic carbocycles. The molecule has 4 aromatic carbocycles. The van der Waals surface area contributed by atoms with Crippen LogP contribution in [0.15, 0.2) is 103 Å². The third-order valence-electron chi connectivity index (χ3n) is 5.15. The summed E-state index contributed by atoms with van der Waals surface area (Å²) >= 11 is 0. The summed E-state index contributed by atoms with van der Waals surface area (Å²) in [6.07, 6.45) is 0. The Bertz CT molecular complexity index is 1390. The molecule has 5 rings (SSSR count). The summed E-state index contributed by atoms with van der Waals surface area (Å²) in [4.78, 5) is 14.1. The molecule has 0 bridgehead atoms. The SMILES string of the molecule is Nc1cc(-c2nc(-c3ccccc3)nc(-c3cccc(-c4ccccc4)c3)n2)ccc1F. The van der Waals surface area contributed by atoms with Crippen LogP contribution >= 0.6 is 0 Å². The molecule has 0 spiro atoms. The molecule has 0 aliphatic heterocycles. The normalized spacial score (nSPS) is 10.8. The highest BCUT2D eigenvalue weighted by molar-refractivity contribution is 5.72. The topological polar surface area (TPSA) is 64.7 Å². The van der Waals surface area contributed by atoms with E-state index < -0.39 is 5.82 Å². The summed E-state index contributed by atoms with van der Waals surface area (Å²) in [5, 5.41) is 0. The van der Waals surface area contributed by atoms with Crippen LogP contribution in [0.25, 0.3) is 45.3 Å². The smallest absolute Gasteiger partial charge is 0.164 e. The first-order valence-corrected chi connectivity index (χ1v) is 10.2. The highest BCUT2D eigenvalue weighted by Gasteiger charge is 2.13. The summed E-state index contributed by atoms with van der Waals surface area (Å²) in [6, 6.07) is 32.4. The second-order valence-corrected chi connectivity index (χ2v) is 7.36. The number of rotatable bonds is 4. The zero-order valence-corrected chi connectivity index (χ0v) is 17.1. The van der Waals surface area contributed by atoms with Crippen molar-refractivity contribution in [1.29, 1.82) is 0 Å². The van der Waals surface area contributed by atoms with Crippen molar-refractivity contribution in [3.63, 3.8) is 0 Å². The largest absolute Gasteiger partial charge is 0.396 e. The van der Waals surface area contributed by atoms with Crippen LogP contribution in [0.4, 0.5) is 10.1 Å². The van der Waals surface area contributed by atoms with Gasteiger partial charge in [0.25, 0.3) is 0 Å². The van der Waals surface area contributed by atoms with E-state index in [0.717, 1.165) is 22.3 Å².